The molecular formula is C23H23BrClF3N2O. The molecule has 1 aliphatic carbocycles. The van der Waals surface area contributed by atoms with Crippen molar-refractivity contribution in [2.45, 2.75) is 43.4 Å². The molecule has 0 radical (unpaired) electrons. The number of fused-ring (bicyclic) bond motifs is 3. The van der Waals surface area contributed by atoms with Gasteiger partial charge in [-0.1, -0.05) is 45.7 Å². The first kappa shape index (κ1) is 22.6. The maximum absolute atomic E-state index is 13.3. The molecule has 1 atom stereocenters. The number of halogens is 5. The van der Waals surface area contributed by atoms with E-state index in [1.54, 1.807) is 0 Å². The summed E-state index contributed by atoms with van der Waals surface area (Å²) in [7, 11) is 2.07. The highest BCUT2D eigenvalue weighted by atomic mass is 79.9. The van der Waals surface area contributed by atoms with Crippen LogP contribution in [-0.2, 0) is 6.18 Å². The number of likely N-dealkylation sites (N-methyl/N-ethyl adjacent to an activating group) is 1. The molecule has 1 N–H and O–H groups in total. The molecule has 1 unspecified atom stereocenters. The third-order valence-electron chi connectivity index (χ3n) is 6.81. The van der Waals surface area contributed by atoms with Crippen LogP contribution in [0.5, 0.6) is 0 Å². The molecule has 0 spiro atoms. The molecule has 5 rings (SSSR count). The van der Waals surface area contributed by atoms with Gasteiger partial charge in [-0.15, -0.1) is 0 Å². The first-order valence-electron chi connectivity index (χ1n) is 10.2. The molecule has 1 amide bonds. The van der Waals surface area contributed by atoms with E-state index in [9.17, 15) is 18.0 Å². The molecule has 3 nitrogen and oxygen atoms in total. The highest BCUT2D eigenvalue weighted by Crippen LogP contribution is 2.49. The zero-order valence-corrected chi connectivity index (χ0v) is 19.3. The van der Waals surface area contributed by atoms with Crippen molar-refractivity contribution in [3.8, 4) is 0 Å². The SMILES string of the molecule is CN1CC2CCC1(C(NC(=O)c1cccc(C(F)(F)F)c1Cl)c1cccc(Br)c1)CC2. The van der Waals surface area contributed by atoms with Gasteiger partial charge in [0.2, 0.25) is 0 Å². The molecule has 1 saturated carbocycles. The van der Waals surface area contributed by atoms with Gasteiger partial charge < -0.3 is 5.32 Å². The monoisotopic (exact) mass is 514 g/mol. The minimum atomic E-state index is -4.63. The Morgan fingerprint density at radius 2 is 1.90 bits per heavy atom. The highest BCUT2D eigenvalue weighted by molar-refractivity contribution is 9.10. The van der Waals surface area contributed by atoms with Crippen molar-refractivity contribution >= 4 is 33.4 Å². The van der Waals surface area contributed by atoms with Crippen LogP contribution in [0.1, 0.15) is 53.2 Å². The second-order valence-electron chi connectivity index (χ2n) is 8.55. The molecule has 0 aromatic heterocycles. The molecule has 2 saturated heterocycles. The summed E-state index contributed by atoms with van der Waals surface area (Å²) in [5.74, 6) is 0.0557. The van der Waals surface area contributed by atoms with Crippen molar-refractivity contribution in [2.24, 2.45) is 5.92 Å². The highest BCUT2D eigenvalue weighted by Gasteiger charge is 2.50. The average molecular weight is 516 g/mol. The molecule has 31 heavy (non-hydrogen) atoms. The molecule has 2 heterocycles. The number of hydrogen-bond acceptors (Lipinski definition) is 2. The number of nitrogens with one attached hydrogen (secondary N) is 1. The van der Waals surface area contributed by atoms with Crippen LogP contribution in [0.4, 0.5) is 13.2 Å². The molecule has 2 bridgehead atoms. The normalized spacial score (nSPS) is 24.8. The van der Waals surface area contributed by atoms with E-state index in [4.69, 9.17) is 11.6 Å². The lowest BCUT2D eigenvalue weighted by molar-refractivity contribution is -0.137. The molecular weight excluding hydrogens is 493 g/mol. The predicted molar refractivity (Wildman–Crippen MR) is 118 cm³/mol. The number of alkyl halides is 3. The van der Waals surface area contributed by atoms with Crippen LogP contribution in [0.3, 0.4) is 0 Å². The van der Waals surface area contributed by atoms with Gasteiger partial charge in [0.05, 0.1) is 22.2 Å². The maximum Gasteiger partial charge on any atom is 0.417 e. The first-order valence-corrected chi connectivity index (χ1v) is 11.4. The van der Waals surface area contributed by atoms with Crippen LogP contribution in [0.2, 0.25) is 5.02 Å². The molecule has 2 aromatic rings. The fourth-order valence-corrected chi connectivity index (χ4v) is 5.91. The Hall–Kier alpha value is -1.57. The van der Waals surface area contributed by atoms with E-state index in [-0.39, 0.29) is 17.1 Å². The Kier molecular flexibility index (Phi) is 6.14. The summed E-state index contributed by atoms with van der Waals surface area (Å²) >= 11 is 9.54. The summed E-state index contributed by atoms with van der Waals surface area (Å²) in [6.07, 6.45) is -0.633. The summed E-state index contributed by atoms with van der Waals surface area (Å²) < 4.78 is 40.8. The Morgan fingerprint density at radius 3 is 2.52 bits per heavy atom. The Labute approximate surface area is 193 Å². The lowest BCUT2D eigenvalue weighted by atomic mass is 9.66. The molecule has 3 fully saturated rings. The largest absolute Gasteiger partial charge is 0.417 e. The van der Waals surface area contributed by atoms with Crippen molar-refractivity contribution in [2.75, 3.05) is 13.6 Å². The number of amides is 1. The summed E-state index contributed by atoms with van der Waals surface area (Å²) in [6, 6.07) is 10.8. The Bertz CT molecular complexity index is 989. The minimum Gasteiger partial charge on any atom is -0.343 e. The number of nitrogens with zero attached hydrogens (tertiary/aromatic N) is 1. The zero-order valence-electron chi connectivity index (χ0n) is 17.0. The van der Waals surface area contributed by atoms with Crippen molar-refractivity contribution in [3.05, 3.63) is 68.7 Å². The maximum atomic E-state index is 13.3. The van der Waals surface area contributed by atoms with E-state index in [0.717, 1.165) is 48.3 Å². The van der Waals surface area contributed by atoms with Gasteiger partial charge in [0, 0.05) is 16.6 Å². The zero-order chi connectivity index (χ0) is 22.4. The smallest absolute Gasteiger partial charge is 0.343 e. The summed E-state index contributed by atoms with van der Waals surface area (Å²) in [5.41, 5.74) is -0.549. The average Bonchev–Trinajstić information content (AvgIpc) is 2.72. The quantitative estimate of drug-likeness (QED) is 0.506. The molecule has 8 heteroatoms. The van der Waals surface area contributed by atoms with E-state index in [1.165, 1.54) is 12.1 Å². The number of carbonyl (C=O) groups excluding carboxylic acids is 1. The summed E-state index contributed by atoms with van der Waals surface area (Å²) in [5, 5.41) is 2.49. The van der Waals surface area contributed by atoms with Crippen molar-refractivity contribution in [1.29, 1.82) is 0 Å². The molecule has 2 aromatic carbocycles. The second kappa shape index (κ2) is 8.41. The third kappa shape index (κ3) is 4.24. The van der Waals surface area contributed by atoms with E-state index in [1.807, 2.05) is 24.3 Å². The van der Waals surface area contributed by atoms with Crippen LogP contribution >= 0.6 is 27.5 Å². The van der Waals surface area contributed by atoms with Crippen molar-refractivity contribution < 1.29 is 18.0 Å². The minimum absolute atomic E-state index is 0.167. The van der Waals surface area contributed by atoms with Gasteiger partial charge in [-0.25, -0.2) is 0 Å². The van der Waals surface area contributed by atoms with Gasteiger partial charge in [0.1, 0.15) is 0 Å². The fourth-order valence-electron chi connectivity index (χ4n) is 5.17. The van der Waals surface area contributed by atoms with Crippen molar-refractivity contribution in [3.63, 3.8) is 0 Å². The molecule has 3 aliphatic rings. The number of benzene rings is 2. The number of hydrogen-bond donors (Lipinski definition) is 1. The predicted octanol–water partition coefficient (Wildman–Crippen LogP) is 6.47. The van der Waals surface area contributed by atoms with Gasteiger partial charge in [0.25, 0.3) is 5.91 Å². The van der Waals surface area contributed by atoms with Gasteiger partial charge in [0.15, 0.2) is 0 Å². The lowest BCUT2D eigenvalue weighted by Crippen LogP contribution is -2.62. The first-order chi connectivity index (χ1) is 14.6. The topological polar surface area (TPSA) is 32.3 Å². The van der Waals surface area contributed by atoms with Gasteiger partial charge in [-0.3, -0.25) is 9.69 Å². The van der Waals surface area contributed by atoms with E-state index in [0.29, 0.717) is 5.92 Å². The van der Waals surface area contributed by atoms with Gasteiger partial charge in [-0.05, 0) is 68.5 Å². The fraction of sp³-hybridized carbons (Fsp3) is 0.435. The lowest BCUT2D eigenvalue weighted by Gasteiger charge is -2.57. The van der Waals surface area contributed by atoms with Crippen LogP contribution in [0.25, 0.3) is 0 Å². The Balaban J connectivity index is 1.73. The molecule has 2 aliphatic heterocycles. The van der Waals surface area contributed by atoms with Gasteiger partial charge >= 0.3 is 6.18 Å². The molecule has 166 valence electrons. The van der Waals surface area contributed by atoms with Crippen LogP contribution in [0, 0.1) is 5.92 Å². The third-order valence-corrected chi connectivity index (χ3v) is 7.71. The van der Waals surface area contributed by atoms with Crippen molar-refractivity contribution in [1.82, 2.24) is 10.2 Å². The number of carbonyl (C=O) groups is 1. The van der Waals surface area contributed by atoms with Crippen LogP contribution in [0.15, 0.2) is 46.9 Å². The second-order valence-corrected chi connectivity index (χ2v) is 9.85. The Morgan fingerprint density at radius 1 is 1.23 bits per heavy atom. The van der Waals surface area contributed by atoms with Crippen LogP contribution < -0.4 is 5.32 Å². The van der Waals surface area contributed by atoms with Crippen LogP contribution in [-0.4, -0.2) is 29.9 Å². The number of piperidine rings is 2. The van der Waals surface area contributed by atoms with Gasteiger partial charge in [-0.2, -0.15) is 13.2 Å². The standard InChI is InChI=1S/C23H23BrClF3N2O/c1-30-13-14-8-10-22(30,11-9-14)20(15-4-2-5-16(24)12-15)29-21(31)17-6-3-7-18(19(17)25)23(26,27)28/h2-7,12,14,20H,8-11,13H2,1H3,(H,29,31). The van der Waals surface area contributed by atoms with E-state index < -0.39 is 22.7 Å². The summed E-state index contributed by atoms with van der Waals surface area (Å²) in [4.78, 5) is 15.6. The van der Waals surface area contributed by atoms with E-state index >= 15 is 0 Å². The van der Waals surface area contributed by atoms with E-state index in [2.05, 4.69) is 33.2 Å². The number of rotatable bonds is 4. The summed E-state index contributed by atoms with van der Waals surface area (Å²) in [6.45, 7) is 0.949.